The number of sulfonamides is 1. The number of hydrogen-bond donors (Lipinski definition) is 2. The Balaban J connectivity index is 2.11. The zero-order valence-corrected chi connectivity index (χ0v) is 12.2. The molecule has 0 aliphatic heterocycles. The fraction of sp³-hybridized carbons (Fsp3) is 0.500. The summed E-state index contributed by atoms with van der Waals surface area (Å²) in [7, 11) is -3.60. The minimum absolute atomic E-state index is 0.0997. The van der Waals surface area contributed by atoms with Gasteiger partial charge in [-0.2, -0.15) is 0 Å². The van der Waals surface area contributed by atoms with E-state index >= 15 is 0 Å². The van der Waals surface area contributed by atoms with Gasteiger partial charge in [0.25, 0.3) is 0 Å². The van der Waals surface area contributed by atoms with Gasteiger partial charge in [-0.15, -0.1) is 0 Å². The number of hydrogen-bond acceptors (Lipinski definition) is 4. The van der Waals surface area contributed by atoms with Crippen molar-refractivity contribution < 1.29 is 18.3 Å². The number of rotatable bonds is 4. The topological polar surface area (TPSA) is 83.5 Å². The second kappa shape index (κ2) is 6.03. The molecule has 0 unspecified atom stereocenters. The molecule has 0 aromatic heterocycles. The highest BCUT2D eigenvalue weighted by molar-refractivity contribution is 7.89. The summed E-state index contributed by atoms with van der Waals surface area (Å²) in [5.74, 6) is -0.0997. The first-order chi connectivity index (χ1) is 9.38. The van der Waals surface area contributed by atoms with Gasteiger partial charge in [-0.25, -0.2) is 13.1 Å². The summed E-state index contributed by atoms with van der Waals surface area (Å²) in [5.41, 5.74) is 0.483. The lowest BCUT2D eigenvalue weighted by Crippen LogP contribution is -2.39. The Bertz CT molecular complexity index is 580. The molecule has 0 radical (unpaired) electrons. The fourth-order valence-electron chi connectivity index (χ4n) is 2.43. The minimum Gasteiger partial charge on any atom is -0.393 e. The molecule has 1 aromatic carbocycles. The number of ketones is 1. The van der Waals surface area contributed by atoms with Crippen LogP contribution >= 0.6 is 0 Å². The maximum atomic E-state index is 12.2. The minimum atomic E-state index is -3.60. The molecule has 6 heteroatoms. The molecule has 1 fully saturated rings. The van der Waals surface area contributed by atoms with Crippen molar-refractivity contribution in [2.45, 2.75) is 49.6 Å². The number of nitrogens with one attached hydrogen (secondary N) is 1. The van der Waals surface area contributed by atoms with Crippen molar-refractivity contribution in [3.63, 3.8) is 0 Å². The van der Waals surface area contributed by atoms with E-state index in [1.807, 2.05) is 0 Å². The van der Waals surface area contributed by atoms with E-state index < -0.39 is 16.1 Å². The Labute approximate surface area is 119 Å². The molecule has 0 amide bonds. The van der Waals surface area contributed by atoms with Crippen LogP contribution in [-0.4, -0.2) is 31.5 Å². The number of carbonyl (C=O) groups excluding carboxylic acids is 1. The second-order valence-corrected chi connectivity index (χ2v) is 6.93. The van der Waals surface area contributed by atoms with Crippen LogP contribution in [0.3, 0.4) is 0 Å². The summed E-state index contributed by atoms with van der Waals surface area (Å²) in [4.78, 5) is 11.3. The van der Waals surface area contributed by atoms with Crippen molar-refractivity contribution >= 4 is 15.8 Å². The lowest BCUT2D eigenvalue weighted by molar-refractivity contribution is 0.101. The molecule has 0 saturated heterocycles. The molecule has 2 atom stereocenters. The van der Waals surface area contributed by atoms with Gasteiger partial charge in [0.05, 0.1) is 11.0 Å². The molecule has 0 heterocycles. The van der Waals surface area contributed by atoms with Gasteiger partial charge >= 0.3 is 0 Å². The molecule has 1 aromatic rings. The second-order valence-electron chi connectivity index (χ2n) is 5.22. The third-order valence-electron chi connectivity index (χ3n) is 3.54. The van der Waals surface area contributed by atoms with E-state index in [-0.39, 0.29) is 16.7 Å². The fourth-order valence-corrected chi connectivity index (χ4v) is 3.71. The summed E-state index contributed by atoms with van der Waals surface area (Å²) in [6.45, 7) is 1.44. The number of carbonyl (C=O) groups is 1. The van der Waals surface area contributed by atoms with Gasteiger partial charge in [-0.05, 0) is 44.7 Å². The average molecular weight is 297 g/mol. The maximum absolute atomic E-state index is 12.2. The molecule has 110 valence electrons. The monoisotopic (exact) mass is 297 g/mol. The molecule has 1 saturated carbocycles. The largest absolute Gasteiger partial charge is 0.393 e. The predicted octanol–water partition coefficient (Wildman–Crippen LogP) is 1.47. The highest BCUT2D eigenvalue weighted by Gasteiger charge is 2.25. The van der Waals surface area contributed by atoms with Gasteiger partial charge in [0, 0.05) is 11.6 Å². The van der Waals surface area contributed by atoms with Crippen LogP contribution in [0.25, 0.3) is 0 Å². The van der Waals surface area contributed by atoms with Crippen molar-refractivity contribution in [3.05, 3.63) is 29.8 Å². The molecule has 0 bridgehead atoms. The van der Waals surface area contributed by atoms with Crippen LogP contribution in [0.2, 0.25) is 0 Å². The molecule has 2 rings (SSSR count). The smallest absolute Gasteiger partial charge is 0.240 e. The third-order valence-corrected chi connectivity index (χ3v) is 5.08. The van der Waals surface area contributed by atoms with Gasteiger partial charge in [-0.3, -0.25) is 4.79 Å². The van der Waals surface area contributed by atoms with E-state index in [4.69, 9.17) is 0 Å². The van der Waals surface area contributed by atoms with Crippen LogP contribution in [0.15, 0.2) is 29.2 Å². The molecular formula is C14H19NO4S. The zero-order valence-electron chi connectivity index (χ0n) is 11.4. The van der Waals surface area contributed by atoms with E-state index in [9.17, 15) is 18.3 Å². The highest BCUT2D eigenvalue weighted by atomic mass is 32.2. The first kappa shape index (κ1) is 15.2. The first-order valence-electron chi connectivity index (χ1n) is 6.70. The van der Waals surface area contributed by atoms with Crippen molar-refractivity contribution in [3.8, 4) is 0 Å². The first-order valence-corrected chi connectivity index (χ1v) is 8.18. The van der Waals surface area contributed by atoms with Crippen LogP contribution in [0, 0.1) is 0 Å². The van der Waals surface area contributed by atoms with Gasteiger partial charge in [0.1, 0.15) is 0 Å². The third kappa shape index (κ3) is 3.65. The molecule has 1 aliphatic rings. The average Bonchev–Trinajstić information content (AvgIpc) is 2.38. The Hall–Kier alpha value is -1.24. The molecule has 2 N–H and O–H groups in total. The summed E-state index contributed by atoms with van der Waals surface area (Å²) in [6, 6.07) is 5.65. The van der Waals surface area contributed by atoms with Crippen molar-refractivity contribution in [1.29, 1.82) is 0 Å². The van der Waals surface area contributed by atoms with Gasteiger partial charge in [0.15, 0.2) is 5.78 Å². The van der Waals surface area contributed by atoms with E-state index in [1.165, 1.54) is 31.2 Å². The Morgan fingerprint density at radius 3 is 2.45 bits per heavy atom. The zero-order chi connectivity index (χ0) is 14.8. The van der Waals surface area contributed by atoms with E-state index in [0.29, 0.717) is 12.0 Å². The Morgan fingerprint density at radius 1 is 1.25 bits per heavy atom. The molecular weight excluding hydrogens is 278 g/mol. The number of aliphatic hydroxyl groups is 1. The van der Waals surface area contributed by atoms with Gasteiger partial charge in [-0.1, -0.05) is 12.1 Å². The Morgan fingerprint density at radius 2 is 1.90 bits per heavy atom. The predicted molar refractivity (Wildman–Crippen MR) is 75.0 cm³/mol. The molecule has 5 nitrogen and oxygen atoms in total. The standard InChI is InChI=1S/C14H19NO4S/c1-10(16)11-5-7-14(8-6-11)20(18,19)15-12-3-2-4-13(17)9-12/h5-8,12-13,15,17H,2-4,9H2,1H3/t12-,13-/m0/s1. The molecule has 20 heavy (non-hydrogen) atoms. The summed E-state index contributed by atoms with van der Waals surface area (Å²) in [5, 5.41) is 9.57. The van der Waals surface area contributed by atoms with E-state index in [0.717, 1.165) is 19.3 Å². The summed E-state index contributed by atoms with van der Waals surface area (Å²) >= 11 is 0. The summed E-state index contributed by atoms with van der Waals surface area (Å²) < 4.78 is 27.0. The highest BCUT2D eigenvalue weighted by Crippen LogP contribution is 2.20. The van der Waals surface area contributed by atoms with E-state index in [2.05, 4.69) is 4.72 Å². The van der Waals surface area contributed by atoms with Crippen LogP contribution in [0.1, 0.15) is 43.0 Å². The van der Waals surface area contributed by atoms with Gasteiger partial charge in [0.2, 0.25) is 10.0 Å². The lowest BCUT2D eigenvalue weighted by atomic mass is 9.94. The van der Waals surface area contributed by atoms with Crippen LogP contribution in [-0.2, 0) is 10.0 Å². The number of Topliss-reactive ketones (excluding diaryl/α,β-unsaturated/α-hetero) is 1. The SMILES string of the molecule is CC(=O)c1ccc(S(=O)(=O)N[C@H]2CCC[C@H](O)C2)cc1. The van der Waals surface area contributed by atoms with Crippen molar-refractivity contribution in [1.82, 2.24) is 4.72 Å². The number of aliphatic hydroxyl groups excluding tert-OH is 1. The lowest BCUT2D eigenvalue weighted by Gasteiger charge is -2.26. The van der Waals surface area contributed by atoms with Crippen LogP contribution < -0.4 is 4.72 Å². The number of benzene rings is 1. The summed E-state index contributed by atoms with van der Waals surface area (Å²) in [6.07, 6.45) is 2.30. The van der Waals surface area contributed by atoms with Crippen LogP contribution in [0.4, 0.5) is 0 Å². The van der Waals surface area contributed by atoms with E-state index in [1.54, 1.807) is 0 Å². The quantitative estimate of drug-likeness (QED) is 0.824. The molecule has 0 spiro atoms. The molecule has 1 aliphatic carbocycles. The van der Waals surface area contributed by atoms with Crippen LogP contribution in [0.5, 0.6) is 0 Å². The van der Waals surface area contributed by atoms with Crippen molar-refractivity contribution in [2.24, 2.45) is 0 Å². The Kier molecular flexibility index (Phi) is 4.57. The maximum Gasteiger partial charge on any atom is 0.240 e. The van der Waals surface area contributed by atoms with Crippen molar-refractivity contribution in [2.75, 3.05) is 0 Å². The normalized spacial score (nSPS) is 23.5. The van der Waals surface area contributed by atoms with Gasteiger partial charge < -0.3 is 5.11 Å².